The third kappa shape index (κ3) is 12.6. The molecule has 5 aromatic carbocycles. The molecule has 1 aromatic heterocycles. The number of thioether (sulfide) groups is 1. The molecule has 12 nitrogen and oxygen atoms in total. The summed E-state index contributed by atoms with van der Waals surface area (Å²) in [6, 6.07) is 34.2. The maximum atomic E-state index is 15.8. The van der Waals surface area contributed by atoms with Crippen LogP contribution < -0.4 is 25.5 Å². The molecule has 70 heavy (non-hydrogen) atoms. The van der Waals surface area contributed by atoms with Gasteiger partial charge >= 0.3 is 7.52 Å². The van der Waals surface area contributed by atoms with E-state index in [0.717, 1.165) is 35.4 Å². The Kier molecular flexibility index (Phi) is 16.9. The molecule has 1 aliphatic heterocycles. The fraction of sp³-hybridized carbons (Fsp3) is 0.346. The van der Waals surface area contributed by atoms with E-state index in [0.29, 0.717) is 76.5 Å². The van der Waals surface area contributed by atoms with E-state index in [9.17, 15) is 21.4 Å². The van der Waals surface area contributed by atoms with Gasteiger partial charge in [-0.25, -0.2) is 21.2 Å². The van der Waals surface area contributed by atoms with E-state index in [4.69, 9.17) is 16.1 Å². The largest absolute Gasteiger partial charge is 0.380 e. The molecule has 0 amide bonds. The van der Waals surface area contributed by atoms with Gasteiger partial charge in [0.1, 0.15) is 5.82 Å². The molecule has 0 saturated carbocycles. The van der Waals surface area contributed by atoms with Crippen molar-refractivity contribution in [1.29, 1.82) is 0 Å². The van der Waals surface area contributed by atoms with Crippen molar-refractivity contribution >= 4 is 78.6 Å². The Bertz CT molecular complexity index is 3060. The van der Waals surface area contributed by atoms with Crippen molar-refractivity contribution in [2.45, 2.75) is 60.9 Å². The van der Waals surface area contributed by atoms with Crippen molar-refractivity contribution in [2.24, 2.45) is 0 Å². The number of piperazine rings is 1. The van der Waals surface area contributed by atoms with Gasteiger partial charge in [-0.1, -0.05) is 41.9 Å². The second kappa shape index (κ2) is 22.3. The van der Waals surface area contributed by atoms with E-state index in [1.165, 1.54) is 24.5 Å². The summed E-state index contributed by atoms with van der Waals surface area (Å²) in [7, 11) is -7.34. The molecule has 1 aliphatic rings. The number of rotatable bonds is 20. The van der Waals surface area contributed by atoms with Crippen LogP contribution in [0, 0.1) is 12.7 Å². The van der Waals surface area contributed by atoms with Crippen LogP contribution in [-0.2, 0) is 28.8 Å². The van der Waals surface area contributed by atoms with E-state index in [1.54, 1.807) is 49.9 Å². The zero-order valence-corrected chi connectivity index (χ0v) is 45.0. The fourth-order valence-corrected chi connectivity index (χ4v) is 14.1. The molecular formula is C52H63ClFN6O6PS3. The van der Waals surface area contributed by atoms with Crippen LogP contribution in [0.15, 0.2) is 130 Å². The highest BCUT2D eigenvalue weighted by molar-refractivity contribution is 7.99. The summed E-state index contributed by atoms with van der Waals surface area (Å²) in [5.74, 6) is 0.232. The van der Waals surface area contributed by atoms with Crippen LogP contribution >= 0.6 is 30.9 Å². The maximum Gasteiger partial charge on any atom is 0.323 e. The van der Waals surface area contributed by atoms with Crippen LogP contribution in [-0.4, -0.2) is 104 Å². The monoisotopic (exact) mass is 1050 g/mol. The smallest absolute Gasteiger partial charge is 0.323 e. The second-order valence-electron chi connectivity index (χ2n) is 18.2. The number of aromatic nitrogens is 1. The average Bonchev–Trinajstić information content (AvgIpc) is 3.64. The van der Waals surface area contributed by atoms with Crippen molar-refractivity contribution < 1.29 is 30.3 Å². The third-order valence-corrected chi connectivity index (χ3v) is 18.2. The number of anilines is 4. The van der Waals surface area contributed by atoms with Gasteiger partial charge in [-0.15, -0.1) is 11.8 Å². The SMILES string of the molecule is CCOP(=O)(Nc1ccc(N2CCN(c3cc(F)cc(-c4c(S(C)(=O)=O)c(C)n(C(C)C)c4-c4ccc(Cl)cc4)c3)CC2)cc1)c1ccc(N[C@H](CCN(C)C)CSc2ccccc2)c(S(C)(=O)=O)c1. The second-order valence-corrected chi connectivity index (χ2v) is 25.8. The number of hydrogen-bond donors (Lipinski definition) is 2. The third-order valence-electron chi connectivity index (χ3n) is 12.2. The van der Waals surface area contributed by atoms with Crippen molar-refractivity contribution in [1.82, 2.24) is 9.47 Å². The Hall–Kier alpha value is -4.80. The van der Waals surface area contributed by atoms with Crippen LogP contribution in [0.25, 0.3) is 22.4 Å². The molecule has 2 atom stereocenters. The lowest BCUT2D eigenvalue weighted by atomic mass is 9.99. The van der Waals surface area contributed by atoms with Gasteiger partial charge in [0.05, 0.1) is 33.1 Å². The van der Waals surface area contributed by atoms with Gasteiger partial charge in [-0.05, 0) is 151 Å². The van der Waals surface area contributed by atoms with Gasteiger partial charge in [0.25, 0.3) is 0 Å². The summed E-state index contributed by atoms with van der Waals surface area (Å²) in [4.78, 5) is 7.74. The van der Waals surface area contributed by atoms with Gasteiger partial charge in [-0.3, -0.25) is 4.57 Å². The van der Waals surface area contributed by atoms with E-state index in [-0.39, 0.29) is 33.8 Å². The van der Waals surface area contributed by atoms with Crippen LogP contribution in [0.1, 0.15) is 38.9 Å². The molecule has 2 heterocycles. The normalized spacial score (nSPS) is 14.8. The van der Waals surface area contributed by atoms with Crippen LogP contribution in [0.3, 0.4) is 0 Å². The lowest BCUT2D eigenvalue weighted by Crippen LogP contribution is -2.46. The molecule has 7 rings (SSSR count). The van der Waals surface area contributed by atoms with Crippen molar-refractivity contribution in [2.75, 3.05) is 91.9 Å². The number of benzene rings is 5. The van der Waals surface area contributed by atoms with Crippen LogP contribution in [0.2, 0.25) is 5.02 Å². The number of hydrogen-bond acceptors (Lipinski definition) is 11. The highest BCUT2D eigenvalue weighted by Gasteiger charge is 2.32. The minimum Gasteiger partial charge on any atom is -0.380 e. The lowest BCUT2D eigenvalue weighted by Gasteiger charge is -2.37. The topological polar surface area (TPSA) is 133 Å². The number of nitrogens with zero attached hydrogens (tertiary/aromatic N) is 4. The predicted octanol–water partition coefficient (Wildman–Crippen LogP) is 11.1. The molecule has 6 aromatic rings. The standard InChI is InChI=1S/C52H63ClFN6O6PS3/c1-9-66-67(61,46-23-24-48(49(34-46)69(7,62)63)55-43(25-26-57(5)6)35-68-47-13-11-10-12-14-47)56-42-19-21-44(22-20-42)58-27-29-59(30-28-58)45-32-39(31-41(54)33-45)50-51(38-15-17-40(53)18-16-38)60(36(2)3)37(4)52(50)70(8,64)65/h10-24,31-34,36,43,55H,9,25-30,35H2,1-8H3,(H,56,61)/t43-,67?/m1/s1. The fourth-order valence-electron chi connectivity index (χ4n) is 9.00. The summed E-state index contributed by atoms with van der Waals surface area (Å²) in [6.45, 7) is 10.8. The van der Waals surface area contributed by atoms with Gasteiger partial charge in [0.15, 0.2) is 19.7 Å². The molecule has 1 fully saturated rings. The Balaban J connectivity index is 1.08. The molecule has 0 bridgehead atoms. The first-order valence-electron chi connectivity index (χ1n) is 23.2. The summed E-state index contributed by atoms with van der Waals surface area (Å²) in [6.07, 6.45) is 3.12. The van der Waals surface area contributed by atoms with Crippen LogP contribution in [0.4, 0.5) is 27.1 Å². The minimum absolute atomic E-state index is 0.0388. The van der Waals surface area contributed by atoms with Crippen molar-refractivity contribution in [3.05, 3.63) is 132 Å². The van der Waals surface area contributed by atoms with Crippen molar-refractivity contribution in [3.63, 3.8) is 0 Å². The van der Waals surface area contributed by atoms with E-state index < -0.39 is 33.0 Å². The number of halogens is 2. The summed E-state index contributed by atoms with van der Waals surface area (Å²) in [5.41, 5.74) is 5.50. The van der Waals surface area contributed by atoms with E-state index in [1.807, 2.05) is 93.2 Å². The molecule has 1 unspecified atom stereocenters. The minimum atomic E-state index is -3.83. The van der Waals surface area contributed by atoms with E-state index in [2.05, 4.69) is 37.2 Å². The summed E-state index contributed by atoms with van der Waals surface area (Å²) >= 11 is 7.97. The van der Waals surface area contributed by atoms with Gasteiger partial charge < -0.3 is 34.2 Å². The molecule has 1 saturated heterocycles. The first-order valence-corrected chi connectivity index (χ1v) is 30.0. The zero-order valence-electron chi connectivity index (χ0n) is 40.9. The quantitative estimate of drug-likeness (QED) is 0.0557. The van der Waals surface area contributed by atoms with Crippen molar-refractivity contribution in [3.8, 4) is 22.4 Å². The zero-order chi connectivity index (χ0) is 50.5. The summed E-state index contributed by atoms with van der Waals surface area (Å²) in [5, 5.41) is 7.38. The average molecular weight is 1050 g/mol. The molecule has 0 aliphatic carbocycles. The summed E-state index contributed by atoms with van der Waals surface area (Å²) < 4.78 is 92.2. The van der Waals surface area contributed by atoms with Gasteiger partial charge in [0.2, 0.25) is 0 Å². The Morgan fingerprint density at radius 3 is 2.04 bits per heavy atom. The molecule has 18 heteroatoms. The van der Waals surface area contributed by atoms with Gasteiger partial charge in [-0.2, -0.15) is 0 Å². The molecule has 374 valence electrons. The Morgan fingerprint density at radius 2 is 1.46 bits per heavy atom. The number of sulfone groups is 2. The molecule has 2 N–H and O–H groups in total. The lowest BCUT2D eigenvalue weighted by molar-refractivity contribution is 0.344. The first-order chi connectivity index (χ1) is 33.1. The Labute approximate surface area is 422 Å². The molecule has 0 radical (unpaired) electrons. The highest BCUT2D eigenvalue weighted by atomic mass is 35.5. The molecule has 0 spiro atoms. The maximum absolute atomic E-state index is 15.8. The molecular weight excluding hydrogens is 986 g/mol. The first kappa shape index (κ1) is 53.0. The highest BCUT2D eigenvalue weighted by Crippen LogP contribution is 2.48. The predicted molar refractivity (Wildman–Crippen MR) is 289 cm³/mol. The number of nitrogens with one attached hydrogen (secondary N) is 2. The van der Waals surface area contributed by atoms with E-state index >= 15 is 4.39 Å². The van der Waals surface area contributed by atoms with Gasteiger partial charge in [0, 0.05) is 94.8 Å². The van der Waals surface area contributed by atoms with Crippen LogP contribution in [0.5, 0.6) is 0 Å². The Morgan fingerprint density at radius 1 is 0.814 bits per heavy atom.